The van der Waals surface area contributed by atoms with Gasteiger partial charge in [0.25, 0.3) is 0 Å². The van der Waals surface area contributed by atoms with Crippen LogP contribution in [-0.4, -0.2) is 0 Å². The van der Waals surface area contributed by atoms with E-state index in [0.717, 1.165) is 94.5 Å². The highest BCUT2D eigenvalue weighted by Crippen LogP contribution is 2.58. The van der Waals surface area contributed by atoms with Gasteiger partial charge in [0, 0.05) is 49.2 Å². The van der Waals surface area contributed by atoms with Gasteiger partial charge in [-0.25, -0.2) is 0 Å². The van der Waals surface area contributed by atoms with Gasteiger partial charge in [0.1, 0.15) is 44.7 Å². The normalized spacial score (nSPS) is 16.4. The van der Waals surface area contributed by atoms with Crippen molar-refractivity contribution in [1.29, 1.82) is 0 Å². The number of hydrogen-bond donors (Lipinski definition) is 0. The van der Waals surface area contributed by atoms with Crippen molar-refractivity contribution in [3.8, 4) is 44.5 Å². The Labute approximate surface area is 359 Å². The van der Waals surface area contributed by atoms with Crippen LogP contribution in [0.15, 0.2) is 175 Å². The van der Waals surface area contributed by atoms with Gasteiger partial charge in [-0.3, -0.25) is 0 Å². The third-order valence-corrected chi connectivity index (χ3v) is 15.1. The van der Waals surface area contributed by atoms with E-state index in [2.05, 4.69) is 140 Å². The lowest BCUT2D eigenvalue weighted by Gasteiger charge is -2.43. The maximum atomic E-state index is 6.57. The van der Waals surface area contributed by atoms with Gasteiger partial charge in [-0.05, 0) is 177 Å². The molecule has 0 aliphatic heterocycles. The summed E-state index contributed by atoms with van der Waals surface area (Å²) >= 11 is 0. The lowest BCUT2D eigenvalue weighted by atomic mass is 9.61. The van der Waals surface area contributed by atoms with E-state index >= 15 is 0 Å². The molecule has 3 aliphatic rings. The maximum absolute atomic E-state index is 6.57. The second kappa shape index (κ2) is 11.5. The molecule has 0 N–H and O–H groups in total. The first kappa shape index (κ1) is 32.9. The summed E-state index contributed by atoms with van der Waals surface area (Å²) in [6, 6.07) is 57.7. The molecule has 16 rings (SSSR count). The number of rotatable bonds is 2. The van der Waals surface area contributed by atoms with Gasteiger partial charge in [0.15, 0.2) is 0 Å². The van der Waals surface area contributed by atoms with Crippen LogP contribution in [0, 0.1) is 0 Å². The molecule has 3 aliphatic carbocycles. The molecular weight excluding hydrogens is 773 g/mol. The Balaban J connectivity index is 0.789. The largest absolute Gasteiger partial charge is 0.456 e. The van der Waals surface area contributed by atoms with Crippen molar-refractivity contribution in [3.05, 3.63) is 180 Å². The van der Waals surface area contributed by atoms with E-state index in [4.69, 9.17) is 17.7 Å². The standard InChI is InChI=1S/C59H34O4/c1-2-6-37-36(5-1)38-14-15-39(38)44-28-57-50(26-43(37)44)46-21-31(11-17-54(46)62-57)30-9-10-34-19-35-24-56-49(25-42(35)41(34)20-30)45-22-32(12-16-53(45)61-56)33-13-18-55-47(23-33)51-27-48-40-7-3-4-8-52(40)60-58(48)29-59(51)63-55/h1-13,16-18,20-29,38-39H,14-15,19H2. The zero-order valence-electron chi connectivity index (χ0n) is 33.9. The Kier molecular flexibility index (Phi) is 6.03. The summed E-state index contributed by atoms with van der Waals surface area (Å²) in [6.07, 6.45) is 3.42. The molecule has 1 fully saturated rings. The number of furan rings is 4. The van der Waals surface area contributed by atoms with E-state index in [1.165, 1.54) is 79.2 Å². The lowest BCUT2D eigenvalue weighted by Crippen LogP contribution is -2.26. The van der Waals surface area contributed by atoms with Crippen molar-refractivity contribution < 1.29 is 17.7 Å². The highest BCUT2D eigenvalue weighted by atomic mass is 16.3. The molecule has 0 radical (unpaired) electrons. The van der Waals surface area contributed by atoms with E-state index in [9.17, 15) is 0 Å². The summed E-state index contributed by atoms with van der Waals surface area (Å²) in [5.41, 5.74) is 22.8. The quantitative estimate of drug-likeness (QED) is 0.175. The Bertz CT molecular complexity index is 4200. The minimum atomic E-state index is 0.594. The maximum Gasteiger partial charge on any atom is 0.139 e. The van der Waals surface area contributed by atoms with Crippen LogP contribution in [0.2, 0.25) is 0 Å². The fourth-order valence-corrected chi connectivity index (χ4v) is 11.9. The summed E-state index contributed by atoms with van der Waals surface area (Å²) in [4.78, 5) is 0. The van der Waals surface area contributed by atoms with Gasteiger partial charge in [0.05, 0.1) is 0 Å². The number of fused-ring (bicyclic) bond motifs is 21. The summed E-state index contributed by atoms with van der Waals surface area (Å²) in [6.45, 7) is 0. The highest BCUT2D eigenvalue weighted by molar-refractivity contribution is 6.16. The fourth-order valence-electron chi connectivity index (χ4n) is 11.9. The minimum absolute atomic E-state index is 0.594. The second-order valence-corrected chi connectivity index (χ2v) is 18.2. The van der Waals surface area contributed by atoms with E-state index in [1.54, 1.807) is 0 Å². The zero-order chi connectivity index (χ0) is 40.7. The Hall–Kier alpha value is -7.82. The first-order valence-electron chi connectivity index (χ1n) is 22.1. The Morgan fingerprint density at radius 3 is 1.48 bits per heavy atom. The summed E-state index contributed by atoms with van der Waals surface area (Å²) in [5.74, 6) is 1.23. The predicted molar refractivity (Wildman–Crippen MR) is 255 cm³/mol. The molecule has 9 aromatic carbocycles. The van der Waals surface area contributed by atoms with Crippen LogP contribution in [0.4, 0.5) is 0 Å². The van der Waals surface area contributed by atoms with Gasteiger partial charge < -0.3 is 17.7 Å². The van der Waals surface area contributed by atoms with Gasteiger partial charge in [-0.2, -0.15) is 0 Å². The lowest BCUT2D eigenvalue weighted by molar-refractivity contribution is 0.343. The van der Waals surface area contributed by atoms with Crippen LogP contribution in [0.1, 0.15) is 46.9 Å². The van der Waals surface area contributed by atoms with E-state index in [1.807, 2.05) is 18.2 Å². The van der Waals surface area contributed by atoms with Crippen LogP contribution in [-0.2, 0) is 6.42 Å². The van der Waals surface area contributed by atoms with Crippen LogP contribution >= 0.6 is 0 Å². The van der Waals surface area contributed by atoms with Crippen LogP contribution in [0.25, 0.3) is 132 Å². The molecule has 0 spiro atoms. The van der Waals surface area contributed by atoms with Crippen molar-refractivity contribution in [1.82, 2.24) is 0 Å². The molecule has 294 valence electrons. The van der Waals surface area contributed by atoms with Crippen molar-refractivity contribution >= 4 is 87.8 Å². The summed E-state index contributed by atoms with van der Waals surface area (Å²) < 4.78 is 25.7. The second-order valence-electron chi connectivity index (χ2n) is 18.2. The molecule has 0 bridgehead atoms. The smallest absolute Gasteiger partial charge is 0.139 e. The third kappa shape index (κ3) is 4.40. The van der Waals surface area contributed by atoms with Crippen molar-refractivity contribution in [2.45, 2.75) is 31.1 Å². The van der Waals surface area contributed by atoms with Crippen LogP contribution in [0.5, 0.6) is 0 Å². The zero-order valence-corrected chi connectivity index (χ0v) is 33.9. The molecule has 2 atom stereocenters. The van der Waals surface area contributed by atoms with E-state index in [-0.39, 0.29) is 0 Å². The average molecular weight is 807 g/mol. The fraction of sp³-hybridized carbons (Fsp3) is 0.0847. The monoisotopic (exact) mass is 806 g/mol. The van der Waals surface area contributed by atoms with Gasteiger partial charge in [0.2, 0.25) is 0 Å². The van der Waals surface area contributed by atoms with Gasteiger partial charge in [-0.1, -0.05) is 72.8 Å². The highest BCUT2D eigenvalue weighted by Gasteiger charge is 2.40. The molecule has 4 nitrogen and oxygen atoms in total. The van der Waals surface area contributed by atoms with Gasteiger partial charge >= 0.3 is 0 Å². The third-order valence-electron chi connectivity index (χ3n) is 15.1. The van der Waals surface area contributed by atoms with E-state index in [0.29, 0.717) is 11.8 Å². The summed E-state index contributed by atoms with van der Waals surface area (Å²) in [5, 5.41) is 9.01. The number of para-hydroxylation sites is 1. The van der Waals surface area contributed by atoms with Crippen LogP contribution in [0.3, 0.4) is 0 Å². The average Bonchev–Trinajstić information content (AvgIpc) is 4.12. The van der Waals surface area contributed by atoms with Crippen molar-refractivity contribution in [2.24, 2.45) is 0 Å². The molecule has 4 heterocycles. The predicted octanol–water partition coefficient (Wildman–Crippen LogP) is 16.8. The molecule has 0 amide bonds. The molecule has 4 aromatic heterocycles. The molecule has 0 saturated heterocycles. The summed E-state index contributed by atoms with van der Waals surface area (Å²) in [7, 11) is 0. The number of hydrogen-bond acceptors (Lipinski definition) is 4. The molecular formula is C59H34O4. The first-order valence-corrected chi connectivity index (χ1v) is 22.1. The Morgan fingerprint density at radius 2 is 0.778 bits per heavy atom. The topological polar surface area (TPSA) is 52.6 Å². The molecule has 13 aromatic rings. The SMILES string of the molecule is c1ccc2c(c1)-c1cc3c(cc1C1CCC21)oc1ccc(-c2ccc4c(c2)-c2cc5c(cc2C4)oc2ccc(-c4ccc6oc7cc8oc9ccccc9c8cc7c6c4)cc25)cc13. The molecule has 63 heavy (non-hydrogen) atoms. The molecule has 1 saturated carbocycles. The first-order chi connectivity index (χ1) is 31.1. The Morgan fingerprint density at radius 1 is 0.286 bits per heavy atom. The van der Waals surface area contributed by atoms with Gasteiger partial charge in [-0.15, -0.1) is 0 Å². The minimum Gasteiger partial charge on any atom is -0.456 e. The van der Waals surface area contributed by atoms with E-state index < -0.39 is 0 Å². The number of benzene rings is 9. The molecule has 4 heteroatoms. The van der Waals surface area contributed by atoms with Crippen molar-refractivity contribution in [2.75, 3.05) is 0 Å². The van der Waals surface area contributed by atoms with Crippen LogP contribution < -0.4 is 0 Å². The molecule has 2 unspecified atom stereocenters. The van der Waals surface area contributed by atoms with Crippen molar-refractivity contribution in [3.63, 3.8) is 0 Å².